The van der Waals surface area contributed by atoms with E-state index in [1.807, 2.05) is 31.1 Å². The zero-order valence-electron chi connectivity index (χ0n) is 21.8. The molecule has 3 N–H and O–H groups in total. The van der Waals surface area contributed by atoms with Crippen LogP contribution in [0.2, 0.25) is 0 Å². The predicted octanol–water partition coefficient (Wildman–Crippen LogP) is 1.55. The van der Waals surface area contributed by atoms with Gasteiger partial charge in [0.25, 0.3) is 5.91 Å². The first-order chi connectivity index (χ1) is 17.0. The number of ketones is 1. The smallest absolute Gasteiger partial charge is 0.251 e. The van der Waals surface area contributed by atoms with Crippen molar-refractivity contribution in [2.75, 3.05) is 32.1 Å². The quantitative estimate of drug-likeness (QED) is 0.563. The minimum Gasteiger partial charge on any atom is -0.378 e. The Balaban J connectivity index is 1.49. The van der Waals surface area contributed by atoms with Gasteiger partial charge in [0, 0.05) is 31.9 Å². The maximum atomic E-state index is 13.7. The molecule has 3 fully saturated rings. The van der Waals surface area contributed by atoms with Crippen molar-refractivity contribution < 1.29 is 19.2 Å². The number of nitrogens with two attached hydrogens (primary N) is 1. The SMILES string of the molecule is CC(C)CC[C@H](NC(=O)c1ccc(N(C)C)cc1)C(=O)N1CC[C@@H]2[C@H]1C(=O)CN2C(=O)C1(N)CCC1. The fourth-order valence-electron chi connectivity index (χ4n) is 5.51. The fourth-order valence-corrected chi connectivity index (χ4v) is 5.51. The minimum absolute atomic E-state index is 0.00185. The number of anilines is 1. The number of carbonyl (C=O) groups excluding carboxylic acids is 4. The van der Waals surface area contributed by atoms with Gasteiger partial charge in [0.15, 0.2) is 5.78 Å². The van der Waals surface area contributed by atoms with E-state index < -0.39 is 17.6 Å². The van der Waals surface area contributed by atoms with Gasteiger partial charge in [-0.1, -0.05) is 13.8 Å². The minimum atomic E-state index is -0.873. The highest BCUT2D eigenvalue weighted by Gasteiger charge is 2.55. The monoisotopic (exact) mass is 497 g/mol. The summed E-state index contributed by atoms with van der Waals surface area (Å²) in [6, 6.07) is 5.47. The van der Waals surface area contributed by atoms with E-state index in [1.54, 1.807) is 21.9 Å². The Hall–Kier alpha value is -2.94. The fraction of sp³-hybridized carbons (Fsp3) is 0.630. The molecule has 0 spiro atoms. The first-order valence-corrected chi connectivity index (χ1v) is 13.0. The molecule has 1 aromatic rings. The summed E-state index contributed by atoms with van der Waals surface area (Å²) in [7, 11) is 3.86. The predicted molar refractivity (Wildman–Crippen MR) is 137 cm³/mol. The molecule has 0 radical (unpaired) electrons. The molecule has 2 heterocycles. The zero-order valence-corrected chi connectivity index (χ0v) is 21.8. The van der Waals surface area contributed by atoms with Crippen molar-refractivity contribution in [1.29, 1.82) is 0 Å². The number of nitrogens with zero attached hydrogens (tertiary/aromatic N) is 3. The van der Waals surface area contributed by atoms with Crippen molar-refractivity contribution in [3.8, 4) is 0 Å². The van der Waals surface area contributed by atoms with E-state index in [4.69, 9.17) is 5.73 Å². The van der Waals surface area contributed by atoms with Gasteiger partial charge < -0.3 is 25.8 Å². The topological polar surface area (TPSA) is 116 Å². The first kappa shape index (κ1) is 26.1. The lowest BCUT2D eigenvalue weighted by Crippen LogP contribution is -2.60. The van der Waals surface area contributed by atoms with Gasteiger partial charge in [-0.05, 0) is 68.7 Å². The van der Waals surface area contributed by atoms with Crippen LogP contribution in [-0.2, 0) is 14.4 Å². The van der Waals surface area contributed by atoms with Gasteiger partial charge in [0.2, 0.25) is 11.8 Å². The second kappa shape index (κ2) is 10.2. The summed E-state index contributed by atoms with van der Waals surface area (Å²) in [5.41, 5.74) is 6.85. The van der Waals surface area contributed by atoms with Gasteiger partial charge in [-0.25, -0.2) is 0 Å². The Morgan fingerprint density at radius 2 is 1.78 bits per heavy atom. The highest BCUT2D eigenvalue weighted by Crippen LogP contribution is 2.36. The average molecular weight is 498 g/mol. The van der Waals surface area contributed by atoms with Crippen molar-refractivity contribution in [2.24, 2.45) is 11.7 Å². The normalized spacial score (nSPS) is 23.3. The number of carbonyl (C=O) groups is 4. The number of Topliss-reactive ketones (excluding diaryl/α,β-unsaturated/α-hetero) is 1. The molecule has 3 aliphatic rings. The molecule has 9 nitrogen and oxygen atoms in total. The van der Waals surface area contributed by atoms with Gasteiger partial charge in [-0.3, -0.25) is 19.2 Å². The summed E-state index contributed by atoms with van der Waals surface area (Å²) in [5.74, 6) is -0.518. The molecule has 2 saturated heterocycles. The van der Waals surface area contributed by atoms with Crippen LogP contribution in [0.1, 0.15) is 62.7 Å². The zero-order chi connectivity index (χ0) is 26.2. The molecule has 196 valence electrons. The van der Waals surface area contributed by atoms with Gasteiger partial charge in [-0.15, -0.1) is 0 Å². The largest absolute Gasteiger partial charge is 0.378 e. The molecule has 9 heteroatoms. The summed E-state index contributed by atoms with van der Waals surface area (Å²) in [5, 5.41) is 2.93. The number of fused-ring (bicyclic) bond motifs is 1. The van der Waals surface area contributed by atoms with E-state index in [1.165, 1.54) is 0 Å². The van der Waals surface area contributed by atoms with Crippen molar-refractivity contribution in [3.05, 3.63) is 29.8 Å². The van der Waals surface area contributed by atoms with Crippen LogP contribution >= 0.6 is 0 Å². The van der Waals surface area contributed by atoms with Crippen molar-refractivity contribution in [2.45, 2.75) is 76.0 Å². The molecule has 0 aromatic heterocycles. The van der Waals surface area contributed by atoms with E-state index in [9.17, 15) is 19.2 Å². The van der Waals surface area contributed by atoms with Crippen LogP contribution in [0.4, 0.5) is 5.69 Å². The molecular formula is C27H39N5O4. The maximum absolute atomic E-state index is 13.7. The standard InChI is InChI=1S/C27H39N5O4/c1-17(2)6-11-20(29-24(34)18-7-9-19(10-8-18)30(3)4)25(35)31-15-12-21-23(31)22(33)16-32(21)26(36)27(28)13-5-14-27/h7-10,17,20-21,23H,5-6,11-16,28H2,1-4H3,(H,29,34)/t20-,21+,23-/m0/s1. The van der Waals surface area contributed by atoms with Gasteiger partial charge in [0.1, 0.15) is 12.1 Å². The van der Waals surface area contributed by atoms with E-state index in [0.717, 1.165) is 18.5 Å². The molecule has 3 atom stereocenters. The Morgan fingerprint density at radius 3 is 2.33 bits per heavy atom. The summed E-state index contributed by atoms with van der Waals surface area (Å²) in [6.07, 6.45) is 3.96. The summed E-state index contributed by atoms with van der Waals surface area (Å²) in [6.45, 7) is 4.52. The number of rotatable bonds is 8. The van der Waals surface area contributed by atoms with Crippen LogP contribution in [0.25, 0.3) is 0 Å². The number of amides is 3. The van der Waals surface area contributed by atoms with Gasteiger partial charge >= 0.3 is 0 Å². The lowest BCUT2D eigenvalue weighted by atomic mass is 9.76. The summed E-state index contributed by atoms with van der Waals surface area (Å²) < 4.78 is 0. The third-order valence-electron chi connectivity index (χ3n) is 7.92. The van der Waals surface area contributed by atoms with Crippen molar-refractivity contribution >= 4 is 29.2 Å². The third kappa shape index (κ3) is 4.98. The Bertz CT molecular complexity index is 1020. The molecule has 0 bridgehead atoms. The molecule has 2 aliphatic heterocycles. The Morgan fingerprint density at radius 1 is 1.11 bits per heavy atom. The number of benzene rings is 1. The number of nitrogens with one attached hydrogen (secondary N) is 1. The molecule has 1 aromatic carbocycles. The maximum Gasteiger partial charge on any atom is 0.251 e. The average Bonchev–Trinajstić information content (AvgIpc) is 3.40. The molecule has 36 heavy (non-hydrogen) atoms. The molecule has 4 rings (SSSR count). The van der Waals surface area contributed by atoms with Crippen LogP contribution < -0.4 is 16.0 Å². The number of likely N-dealkylation sites (tertiary alicyclic amines) is 2. The summed E-state index contributed by atoms with van der Waals surface area (Å²) >= 11 is 0. The number of hydrogen-bond acceptors (Lipinski definition) is 6. The van der Waals surface area contributed by atoms with Crippen LogP contribution in [-0.4, -0.2) is 84.2 Å². The molecule has 1 aliphatic carbocycles. The van der Waals surface area contributed by atoms with Crippen molar-refractivity contribution in [1.82, 2.24) is 15.1 Å². The van der Waals surface area contributed by atoms with Crippen LogP contribution in [0.15, 0.2) is 24.3 Å². The lowest BCUT2D eigenvalue weighted by molar-refractivity contribution is -0.141. The van der Waals surface area contributed by atoms with E-state index in [0.29, 0.717) is 43.7 Å². The second-order valence-electron chi connectivity index (χ2n) is 11.2. The van der Waals surface area contributed by atoms with Crippen LogP contribution in [0.5, 0.6) is 0 Å². The summed E-state index contributed by atoms with van der Waals surface area (Å²) in [4.78, 5) is 58.0. The second-order valence-corrected chi connectivity index (χ2v) is 11.2. The number of hydrogen-bond donors (Lipinski definition) is 2. The Kier molecular flexibility index (Phi) is 7.41. The highest BCUT2D eigenvalue weighted by atomic mass is 16.2. The molecular weight excluding hydrogens is 458 g/mol. The van der Waals surface area contributed by atoms with E-state index in [-0.39, 0.29) is 36.1 Å². The third-order valence-corrected chi connectivity index (χ3v) is 7.92. The molecule has 0 unspecified atom stereocenters. The van der Waals surface area contributed by atoms with E-state index in [2.05, 4.69) is 19.2 Å². The van der Waals surface area contributed by atoms with Gasteiger partial charge in [0.05, 0.1) is 18.1 Å². The van der Waals surface area contributed by atoms with Gasteiger partial charge in [-0.2, -0.15) is 0 Å². The highest BCUT2D eigenvalue weighted by molar-refractivity contribution is 6.02. The van der Waals surface area contributed by atoms with E-state index >= 15 is 0 Å². The van der Waals surface area contributed by atoms with Crippen LogP contribution in [0, 0.1) is 5.92 Å². The molecule has 1 saturated carbocycles. The van der Waals surface area contributed by atoms with Crippen LogP contribution in [0.3, 0.4) is 0 Å². The first-order valence-electron chi connectivity index (χ1n) is 13.0. The van der Waals surface area contributed by atoms with Crippen molar-refractivity contribution in [3.63, 3.8) is 0 Å². The lowest BCUT2D eigenvalue weighted by Gasteiger charge is -2.40. The molecule has 3 amide bonds. The Labute approximate surface area is 213 Å².